The van der Waals surface area contributed by atoms with Crippen LogP contribution < -0.4 is 4.74 Å². The average molecular weight is 279 g/mol. The summed E-state index contributed by atoms with van der Waals surface area (Å²) in [5, 5.41) is 0. The van der Waals surface area contributed by atoms with Gasteiger partial charge in [0.15, 0.2) is 0 Å². The zero-order valence-electron chi connectivity index (χ0n) is 12.0. The van der Waals surface area contributed by atoms with E-state index in [9.17, 15) is 0 Å². The number of ether oxygens (including phenoxy) is 1. The predicted octanol–water partition coefficient (Wildman–Crippen LogP) is 1.65. The number of likely N-dealkylation sites (N-methyl/N-ethyl adjacent to an activating group) is 1. The maximum absolute atomic E-state index is 6.09. The molecule has 104 valence electrons. The Hall–Kier alpha value is -1.20. The number of thiocarbonyl (C=S) groups is 1. The monoisotopic (exact) mass is 279 g/mol. The van der Waals surface area contributed by atoms with Gasteiger partial charge in [-0.3, -0.25) is 0 Å². The summed E-state index contributed by atoms with van der Waals surface area (Å²) < 4.78 is 6.09. The van der Waals surface area contributed by atoms with Crippen molar-refractivity contribution in [2.24, 2.45) is 5.92 Å². The number of pyridine rings is 1. The van der Waals surface area contributed by atoms with Gasteiger partial charge in [0.25, 0.3) is 0 Å². The van der Waals surface area contributed by atoms with Crippen molar-refractivity contribution in [3.05, 3.63) is 23.9 Å². The van der Waals surface area contributed by atoms with Crippen molar-refractivity contribution < 1.29 is 4.74 Å². The van der Waals surface area contributed by atoms with E-state index in [-0.39, 0.29) is 6.10 Å². The molecule has 0 aromatic carbocycles. The van der Waals surface area contributed by atoms with Crippen molar-refractivity contribution in [3.63, 3.8) is 0 Å². The summed E-state index contributed by atoms with van der Waals surface area (Å²) in [6, 6.07) is 3.87. The molecular formula is C14H21N3OS. The first-order chi connectivity index (χ1) is 8.99. The van der Waals surface area contributed by atoms with Crippen LogP contribution in [0.3, 0.4) is 0 Å². The van der Waals surface area contributed by atoms with Gasteiger partial charge in [-0.15, -0.1) is 0 Å². The topological polar surface area (TPSA) is 28.6 Å². The summed E-state index contributed by atoms with van der Waals surface area (Å²) in [6.45, 7) is 3.98. The van der Waals surface area contributed by atoms with Crippen LogP contribution in [-0.2, 0) is 0 Å². The SMILES string of the molecule is CC(CN(C)C)C1CN(C)C(=S)c2cccnc2O1. The van der Waals surface area contributed by atoms with Crippen LogP contribution in [0, 0.1) is 5.92 Å². The molecule has 4 nitrogen and oxygen atoms in total. The van der Waals surface area contributed by atoms with Crippen molar-refractivity contribution >= 4 is 17.2 Å². The van der Waals surface area contributed by atoms with E-state index in [0.717, 1.165) is 23.6 Å². The van der Waals surface area contributed by atoms with Crippen molar-refractivity contribution in [2.75, 3.05) is 34.2 Å². The van der Waals surface area contributed by atoms with Gasteiger partial charge >= 0.3 is 0 Å². The van der Waals surface area contributed by atoms with Gasteiger partial charge in [0.1, 0.15) is 11.1 Å². The normalized spacial score (nSPS) is 20.8. The lowest BCUT2D eigenvalue weighted by atomic mass is 10.0. The van der Waals surface area contributed by atoms with Gasteiger partial charge in [-0.25, -0.2) is 4.98 Å². The summed E-state index contributed by atoms with van der Waals surface area (Å²) in [7, 11) is 6.17. The highest BCUT2D eigenvalue weighted by Crippen LogP contribution is 2.25. The molecule has 0 radical (unpaired) electrons. The largest absolute Gasteiger partial charge is 0.472 e. The highest BCUT2D eigenvalue weighted by Gasteiger charge is 2.28. The molecule has 1 aromatic heterocycles. The van der Waals surface area contributed by atoms with Crippen molar-refractivity contribution in [3.8, 4) is 5.88 Å². The van der Waals surface area contributed by atoms with E-state index in [1.165, 1.54) is 0 Å². The third-order valence-electron chi connectivity index (χ3n) is 3.35. The second-order valence-electron chi connectivity index (χ2n) is 5.44. The number of hydrogen-bond acceptors (Lipinski definition) is 4. The van der Waals surface area contributed by atoms with E-state index in [2.05, 4.69) is 35.8 Å². The zero-order chi connectivity index (χ0) is 14.0. The van der Waals surface area contributed by atoms with Crippen LogP contribution in [0.25, 0.3) is 0 Å². The molecule has 0 aliphatic carbocycles. The third kappa shape index (κ3) is 3.22. The number of hydrogen-bond donors (Lipinski definition) is 0. The molecule has 2 atom stereocenters. The summed E-state index contributed by atoms with van der Waals surface area (Å²) in [6.07, 6.45) is 1.85. The Bertz CT molecular complexity index is 464. The molecule has 1 aromatic rings. The zero-order valence-corrected chi connectivity index (χ0v) is 12.8. The first-order valence-electron chi connectivity index (χ1n) is 6.51. The van der Waals surface area contributed by atoms with Gasteiger partial charge in [0.05, 0.1) is 12.1 Å². The van der Waals surface area contributed by atoms with E-state index in [0.29, 0.717) is 11.8 Å². The highest BCUT2D eigenvalue weighted by atomic mass is 32.1. The molecule has 1 aliphatic heterocycles. The number of rotatable bonds is 3. The van der Waals surface area contributed by atoms with E-state index >= 15 is 0 Å². The third-order valence-corrected chi connectivity index (χ3v) is 3.88. The molecule has 0 spiro atoms. The Morgan fingerprint density at radius 3 is 3.00 bits per heavy atom. The molecule has 0 amide bonds. The Morgan fingerprint density at radius 2 is 2.32 bits per heavy atom. The van der Waals surface area contributed by atoms with Crippen molar-refractivity contribution in [1.29, 1.82) is 0 Å². The summed E-state index contributed by atoms with van der Waals surface area (Å²) in [5.74, 6) is 1.07. The fourth-order valence-corrected chi connectivity index (χ4v) is 2.61. The molecule has 2 heterocycles. The lowest BCUT2D eigenvalue weighted by molar-refractivity contribution is 0.105. The van der Waals surface area contributed by atoms with Crippen LogP contribution in [0.2, 0.25) is 0 Å². The second-order valence-corrected chi connectivity index (χ2v) is 5.82. The fraction of sp³-hybridized carbons (Fsp3) is 0.571. The molecule has 0 saturated carbocycles. The molecule has 2 unspecified atom stereocenters. The molecule has 5 heteroatoms. The Kier molecular flexibility index (Phi) is 4.37. The highest BCUT2D eigenvalue weighted by molar-refractivity contribution is 7.80. The maximum atomic E-state index is 6.09. The van der Waals surface area contributed by atoms with Gasteiger partial charge in [-0.05, 0) is 26.2 Å². The fourth-order valence-electron chi connectivity index (χ4n) is 2.38. The molecule has 0 N–H and O–H groups in total. The predicted molar refractivity (Wildman–Crippen MR) is 80.7 cm³/mol. The summed E-state index contributed by atoms with van der Waals surface area (Å²) >= 11 is 5.49. The van der Waals surface area contributed by atoms with Crippen LogP contribution in [0.1, 0.15) is 12.5 Å². The summed E-state index contributed by atoms with van der Waals surface area (Å²) in [4.78, 5) is 9.39. The molecule has 19 heavy (non-hydrogen) atoms. The maximum Gasteiger partial charge on any atom is 0.224 e. The van der Waals surface area contributed by atoms with E-state index in [4.69, 9.17) is 17.0 Å². The van der Waals surface area contributed by atoms with Gasteiger partial charge < -0.3 is 14.5 Å². The summed E-state index contributed by atoms with van der Waals surface area (Å²) in [5.41, 5.74) is 0.916. The van der Waals surface area contributed by atoms with Crippen LogP contribution in [0.5, 0.6) is 5.88 Å². The number of fused-ring (bicyclic) bond motifs is 1. The van der Waals surface area contributed by atoms with Crippen molar-refractivity contribution in [1.82, 2.24) is 14.8 Å². The van der Waals surface area contributed by atoms with Gasteiger partial charge in [-0.2, -0.15) is 0 Å². The van der Waals surface area contributed by atoms with E-state index in [1.807, 2.05) is 19.2 Å². The Morgan fingerprint density at radius 1 is 1.58 bits per heavy atom. The molecule has 1 aliphatic rings. The van der Waals surface area contributed by atoms with Gasteiger partial charge in [0, 0.05) is 25.7 Å². The lowest BCUT2D eigenvalue weighted by Gasteiger charge is -2.28. The first kappa shape index (κ1) is 14.2. The second kappa shape index (κ2) is 5.84. The quantitative estimate of drug-likeness (QED) is 0.785. The molecular weight excluding hydrogens is 258 g/mol. The average Bonchev–Trinajstić information content (AvgIpc) is 2.48. The van der Waals surface area contributed by atoms with Gasteiger partial charge in [0.2, 0.25) is 5.88 Å². The number of nitrogens with zero attached hydrogens (tertiary/aromatic N) is 3. The van der Waals surface area contributed by atoms with E-state index < -0.39 is 0 Å². The number of aromatic nitrogens is 1. The van der Waals surface area contributed by atoms with Crippen molar-refractivity contribution in [2.45, 2.75) is 13.0 Å². The Balaban J connectivity index is 2.25. The smallest absolute Gasteiger partial charge is 0.224 e. The van der Waals surface area contributed by atoms with Gasteiger partial charge in [-0.1, -0.05) is 19.1 Å². The van der Waals surface area contributed by atoms with Crippen LogP contribution >= 0.6 is 12.2 Å². The lowest BCUT2D eigenvalue weighted by Crippen LogP contribution is -2.40. The van der Waals surface area contributed by atoms with Crippen LogP contribution in [-0.4, -0.2) is 60.1 Å². The van der Waals surface area contributed by atoms with Crippen LogP contribution in [0.15, 0.2) is 18.3 Å². The minimum Gasteiger partial charge on any atom is -0.472 e. The minimum atomic E-state index is 0.0986. The molecule has 0 fully saturated rings. The molecule has 0 saturated heterocycles. The minimum absolute atomic E-state index is 0.0986. The van der Waals surface area contributed by atoms with E-state index in [1.54, 1.807) is 6.20 Å². The molecule has 2 rings (SSSR count). The van der Waals surface area contributed by atoms with Crippen LogP contribution in [0.4, 0.5) is 0 Å². The standard InChI is InChI=1S/C14H21N3OS/c1-10(8-16(2)3)12-9-17(4)14(19)11-6-5-7-15-13(11)18-12/h5-7,10,12H,8-9H2,1-4H3. The molecule has 0 bridgehead atoms. The first-order valence-corrected chi connectivity index (χ1v) is 6.91. The Labute approximate surface area is 120 Å².